The first kappa shape index (κ1) is 27.6. The van der Waals surface area contributed by atoms with Gasteiger partial charge in [-0.3, -0.25) is 4.79 Å². The monoisotopic (exact) mass is 424 g/mol. The molecule has 1 saturated heterocycles. The SMILES string of the molecule is CC.CC.COc1cccc(OC)c1C(=O)N1CCCN(C(=O)OC(C)(C)C)CC1. The van der Waals surface area contributed by atoms with Gasteiger partial charge in [0.1, 0.15) is 22.7 Å². The highest BCUT2D eigenvalue weighted by atomic mass is 16.6. The minimum atomic E-state index is -0.538. The zero-order valence-electron chi connectivity index (χ0n) is 20.2. The fraction of sp³-hybridized carbons (Fsp3) is 0.652. The molecule has 1 aliphatic rings. The minimum Gasteiger partial charge on any atom is -0.496 e. The van der Waals surface area contributed by atoms with Crippen molar-refractivity contribution < 1.29 is 23.8 Å². The maximum atomic E-state index is 13.0. The van der Waals surface area contributed by atoms with E-state index in [0.29, 0.717) is 49.7 Å². The molecule has 7 heteroatoms. The van der Waals surface area contributed by atoms with Gasteiger partial charge in [0.2, 0.25) is 0 Å². The molecule has 0 saturated carbocycles. The third-order valence-electron chi connectivity index (χ3n) is 4.08. The number of ether oxygens (including phenoxy) is 3. The van der Waals surface area contributed by atoms with Crippen molar-refractivity contribution in [2.45, 2.75) is 60.5 Å². The predicted molar refractivity (Wildman–Crippen MR) is 121 cm³/mol. The van der Waals surface area contributed by atoms with Crippen LogP contribution in [0.3, 0.4) is 0 Å². The van der Waals surface area contributed by atoms with Gasteiger partial charge < -0.3 is 24.0 Å². The summed E-state index contributed by atoms with van der Waals surface area (Å²) in [6.07, 6.45) is 0.337. The Labute approximate surface area is 182 Å². The first-order valence-electron chi connectivity index (χ1n) is 10.7. The molecule has 0 atom stereocenters. The van der Waals surface area contributed by atoms with Crippen LogP contribution in [-0.4, -0.2) is 67.8 Å². The molecule has 2 amide bonds. The lowest BCUT2D eigenvalue weighted by atomic mass is 10.1. The van der Waals surface area contributed by atoms with E-state index >= 15 is 0 Å². The van der Waals surface area contributed by atoms with E-state index < -0.39 is 5.60 Å². The first-order valence-corrected chi connectivity index (χ1v) is 10.7. The topological polar surface area (TPSA) is 68.3 Å². The number of nitrogens with zero attached hydrogens (tertiary/aromatic N) is 2. The number of benzene rings is 1. The van der Waals surface area contributed by atoms with Crippen molar-refractivity contribution >= 4 is 12.0 Å². The van der Waals surface area contributed by atoms with Crippen LogP contribution in [0.1, 0.15) is 65.2 Å². The van der Waals surface area contributed by atoms with Crippen molar-refractivity contribution in [2.75, 3.05) is 40.4 Å². The predicted octanol–water partition coefficient (Wildman–Crippen LogP) is 4.84. The maximum absolute atomic E-state index is 13.0. The molecule has 0 aromatic heterocycles. The molecule has 172 valence electrons. The molecule has 0 aliphatic carbocycles. The number of carbonyl (C=O) groups excluding carboxylic acids is 2. The summed E-state index contributed by atoms with van der Waals surface area (Å²) >= 11 is 0. The molecule has 2 rings (SSSR count). The van der Waals surface area contributed by atoms with Gasteiger partial charge in [-0.15, -0.1) is 0 Å². The minimum absolute atomic E-state index is 0.162. The second kappa shape index (κ2) is 13.7. The number of amides is 2. The van der Waals surface area contributed by atoms with E-state index in [9.17, 15) is 9.59 Å². The Kier molecular flexibility index (Phi) is 12.6. The highest BCUT2D eigenvalue weighted by Gasteiger charge is 2.28. The molecule has 0 N–H and O–H groups in total. The summed E-state index contributed by atoms with van der Waals surface area (Å²) in [5, 5.41) is 0. The van der Waals surface area contributed by atoms with E-state index in [1.165, 1.54) is 14.2 Å². The number of hydrogen-bond donors (Lipinski definition) is 0. The molecule has 0 bridgehead atoms. The van der Waals surface area contributed by atoms with Crippen LogP contribution in [0.4, 0.5) is 4.79 Å². The second-order valence-electron chi connectivity index (χ2n) is 7.15. The van der Waals surface area contributed by atoms with Crippen molar-refractivity contribution in [3.63, 3.8) is 0 Å². The molecule has 7 nitrogen and oxygen atoms in total. The van der Waals surface area contributed by atoms with Gasteiger partial charge in [0.05, 0.1) is 14.2 Å². The molecule has 0 radical (unpaired) electrons. The smallest absolute Gasteiger partial charge is 0.410 e. The molecule has 0 unspecified atom stereocenters. The third-order valence-corrected chi connectivity index (χ3v) is 4.08. The van der Waals surface area contributed by atoms with Crippen LogP contribution in [0.2, 0.25) is 0 Å². The Morgan fingerprint density at radius 3 is 1.77 bits per heavy atom. The van der Waals surface area contributed by atoms with Crippen molar-refractivity contribution in [2.24, 2.45) is 0 Å². The second-order valence-corrected chi connectivity index (χ2v) is 7.15. The van der Waals surface area contributed by atoms with Crippen LogP contribution in [0.15, 0.2) is 18.2 Å². The Balaban J connectivity index is 0.00000198. The van der Waals surface area contributed by atoms with Crippen molar-refractivity contribution in [3.05, 3.63) is 23.8 Å². The van der Waals surface area contributed by atoms with Crippen LogP contribution in [-0.2, 0) is 4.74 Å². The summed E-state index contributed by atoms with van der Waals surface area (Å²) in [7, 11) is 3.05. The highest BCUT2D eigenvalue weighted by Crippen LogP contribution is 2.30. The van der Waals surface area contributed by atoms with Crippen molar-refractivity contribution in [1.82, 2.24) is 9.80 Å². The molecular weight excluding hydrogens is 384 g/mol. The van der Waals surface area contributed by atoms with Crippen LogP contribution >= 0.6 is 0 Å². The maximum Gasteiger partial charge on any atom is 0.410 e. The summed E-state index contributed by atoms with van der Waals surface area (Å²) in [6.45, 7) is 15.5. The Bertz CT molecular complexity index is 633. The van der Waals surface area contributed by atoms with Gasteiger partial charge in [0, 0.05) is 26.2 Å². The lowest BCUT2D eigenvalue weighted by molar-refractivity contribution is 0.0255. The summed E-state index contributed by atoms with van der Waals surface area (Å²) < 4.78 is 16.1. The molecule has 1 heterocycles. The normalized spacial score (nSPS) is 13.6. The summed E-state index contributed by atoms with van der Waals surface area (Å²) in [5.74, 6) is 0.788. The number of methoxy groups -OCH3 is 2. The summed E-state index contributed by atoms with van der Waals surface area (Å²) in [5.41, 5.74) is -0.132. The molecule has 30 heavy (non-hydrogen) atoms. The third kappa shape index (κ3) is 8.13. The van der Waals surface area contributed by atoms with E-state index in [1.54, 1.807) is 28.0 Å². The van der Waals surface area contributed by atoms with Gasteiger partial charge in [0.15, 0.2) is 0 Å². The summed E-state index contributed by atoms with van der Waals surface area (Å²) in [6, 6.07) is 5.25. The zero-order valence-corrected chi connectivity index (χ0v) is 20.2. The van der Waals surface area contributed by atoms with E-state index in [4.69, 9.17) is 14.2 Å². The van der Waals surface area contributed by atoms with E-state index in [2.05, 4.69) is 0 Å². The van der Waals surface area contributed by atoms with Gasteiger partial charge in [-0.2, -0.15) is 0 Å². The summed E-state index contributed by atoms with van der Waals surface area (Å²) in [4.78, 5) is 28.7. The first-order chi connectivity index (χ1) is 14.3. The van der Waals surface area contributed by atoms with Gasteiger partial charge in [0.25, 0.3) is 5.91 Å². The lowest BCUT2D eigenvalue weighted by Gasteiger charge is -2.26. The average Bonchev–Trinajstić information content (AvgIpc) is 3.00. The molecular formula is C23H40N2O5. The fourth-order valence-corrected chi connectivity index (χ4v) is 2.85. The van der Waals surface area contributed by atoms with Gasteiger partial charge in [-0.1, -0.05) is 33.8 Å². The highest BCUT2D eigenvalue weighted by molar-refractivity contribution is 5.99. The standard InChI is InChI=1S/C19H28N2O5.2C2H6/c1-19(2,3)26-18(23)21-11-7-10-20(12-13-21)17(22)16-14(24-4)8-6-9-15(16)25-5;2*1-2/h6,8-9H,7,10-13H2,1-5H3;2*1-2H3. The number of carbonyl (C=O) groups is 2. The van der Waals surface area contributed by atoms with Crippen LogP contribution in [0.25, 0.3) is 0 Å². The van der Waals surface area contributed by atoms with E-state index in [-0.39, 0.29) is 12.0 Å². The molecule has 1 aliphatic heterocycles. The Hall–Kier alpha value is -2.44. The van der Waals surface area contributed by atoms with E-state index in [0.717, 1.165) is 0 Å². The van der Waals surface area contributed by atoms with Gasteiger partial charge >= 0.3 is 6.09 Å². The van der Waals surface area contributed by atoms with Crippen LogP contribution < -0.4 is 9.47 Å². The molecule has 0 spiro atoms. The van der Waals surface area contributed by atoms with Gasteiger partial charge in [-0.05, 0) is 39.3 Å². The molecule has 1 aromatic rings. The number of hydrogen-bond acceptors (Lipinski definition) is 5. The quantitative estimate of drug-likeness (QED) is 0.694. The molecule has 1 fully saturated rings. The van der Waals surface area contributed by atoms with Crippen molar-refractivity contribution in [1.29, 1.82) is 0 Å². The van der Waals surface area contributed by atoms with Crippen molar-refractivity contribution in [3.8, 4) is 11.5 Å². The Morgan fingerprint density at radius 2 is 1.30 bits per heavy atom. The average molecular weight is 425 g/mol. The lowest BCUT2D eigenvalue weighted by Crippen LogP contribution is -2.40. The number of rotatable bonds is 3. The van der Waals surface area contributed by atoms with Crippen LogP contribution in [0, 0.1) is 0 Å². The fourth-order valence-electron chi connectivity index (χ4n) is 2.85. The largest absolute Gasteiger partial charge is 0.496 e. The zero-order chi connectivity index (χ0) is 23.3. The molecule has 1 aromatic carbocycles. The van der Waals surface area contributed by atoms with Gasteiger partial charge in [-0.25, -0.2) is 4.79 Å². The Morgan fingerprint density at radius 1 is 0.833 bits per heavy atom. The van der Waals surface area contributed by atoms with E-state index in [1.807, 2.05) is 48.5 Å². The van der Waals surface area contributed by atoms with Crippen LogP contribution in [0.5, 0.6) is 11.5 Å².